The number of aryl methyl sites for hydroxylation is 2. The molecule has 0 aromatic heterocycles. The minimum atomic E-state index is 0.0419. The maximum atomic E-state index is 15.2. The predicted octanol–water partition coefficient (Wildman–Crippen LogP) is 9.29. The van der Waals surface area contributed by atoms with E-state index in [0.717, 1.165) is 30.7 Å². The van der Waals surface area contributed by atoms with Crippen LogP contribution in [0.4, 0.5) is 4.39 Å². The van der Waals surface area contributed by atoms with Crippen molar-refractivity contribution in [3.63, 3.8) is 0 Å². The summed E-state index contributed by atoms with van der Waals surface area (Å²) in [6, 6.07) is 13.3. The van der Waals surface area contributed by atoms with Gasteiger partial charge in [-0.05, 0) is 109 Å². The molecule has 0 amide bonds. The summed E-state index contributed by atoms with van der Waals surface area (Å²) < 4.78 is 15.2. The van der Waals surface area contributed by atoms with Gasteiger partial charge in [0.25, 0.3) is 0 Å². The highest BCUT2D eigenvalue weighted by Gasteiger charge is 2.26. The Bertz CT molecular complexity index is 859. The van der Waals surface area contributed by atoms with Gasteiger partial charge in [0, 0.05) is 0 Å². The second-order valence-electron chi connectivity index (χ2n) is 10.6. The summed E-state index contributed by atoms with van der Waals surface area (Å²) in [6.45, 7) is 4.55. The van der Waals surface area contributed by atoms with E-state index in [1.54, 1.807) is 0 Å². The lowest BCUT2D eigenvalue weighted by Gasteiger charge is -2.30. The van der Waals surface area contributed by atoms with Crippen LogP contribution in [0.3, 0.4) is 0 Å². The van der Waals surface area contributed by atoms with Crippen molar-refractivity contribution in [2.75, 3.05) is 0 Å². The molecule has 0 aliphatic heterocycles. The summed E-state index contributed by atoms with van der Waals surface area (Å²) in [5, 5.41) is 0. The minimum absolute atomic E-state index is 0.0419. The molecule has 32 heavy (non-hydrogen) atoms. The van der Waals surface area contributed by atoms with Gasteiger partial charge < -0.3 is 0 Å². The van der Waals surface area contributed by atoms with Crippen molar-refractivity contribution < 1.29 is 4.39 Å². The molecule has 0 radical (unpaired) electrons. The van der Waals surface area contributed by atoms with Crippen LogP contribution in [0.1, 0.15) is 124 Å². The summed E-state index contributed by atoms with van der Waals surface area (Å²) in [5.41, 5.74) is 6.62. The first-order chi connectivity index (χ1) is 15.7. The highest BCUT2D eigenvalue weighted by molar-refractivity contribution is 5.38. The second-order valence-corrected chi connectivity index (χ2v) is 10.6. The van der Waals surface area contributed by atoms with Gasteiger partial charge >= 0.3 is 0 Å². The number of unbranched alkanes of at least 4 members (excludes halogenated alkanes) is 3. The molecule has 2 aromatic carbocycles. The first-order valence-electron chi connectivity index (χ1n) is 13.6. The van der Waals surface area contributed by atoms with Crippen molar-refractivity contribution in [3.8, 4) is 0 Å². The van der Waals surface area contributed by atoms with Crippen LogP contribution in [0.5, 0.6) is 0 Å². The van der Waals surface area contributed by atoms with Gasteiger partial charge in [-0.25, -0.2) is 4.39 Å². The van der Waals surface area contributed by atoms with E-state index in [1.807, 2.05) is 6.07 Å². The fraction of sp³-hybridized carbons (Fsp3) is 0.613. The van der Waals surface area contributed by atoms with Crippen LogP contribution in [0.25, 0.3) is 0 Å². The van der Waals surface area contributed by atoms with Crippen molar-refractivity contribution in [1.82, 2.24) is 0 Å². The van der Waals surface area contributed by atoms with Crippen LogP contribution < -0.4 is 0 Å². The summed E-state index contributed by atoms with van der Waals surface area (Å²) in [7, 11) is 0. The van der Waals surface area contributed by atoms with Gasteiger partial charge in [-0.1, -0.05) is 76.3 Å². The Morgan fingerprint density at radius 3 is 2.34 bits per heavy atom. The third-order valence-electron chi connectivity index (χ3n) is 8.32. The molecule has 1 saturated carbocycles. The average Bonchev–Trinajstić information content (AvgIpc) is 2.83. The molecule has 1 heteroatoms. The van der Waals surface area contributed by atoms with Crippen molar-refractivity contribution in [2.24, 2.45) is 5.92 Å². The van der Waals surface area contributed by atoms with Crippen LogP contribution in [-0.2, 0) is 19.3 Å². The standard InChI is InChI=1S/C31H43F/c1-3-5-7-9-24-12-15-27-21-29(17-16-26(27)20-24)30-19-18-28(22-31(30)32)25-13-10-23(11-14-25)8-6-4-2/h12,15,18-20,22-23,25,29H,3-11,13-14,16-17,21H2,1-2H3. The van der Waals surface area contributed by atoms with E-state index >= 15 is 4.39 Å². The third-order valence-corrected chi connectivity index (χ3v) is 8.32. The van der Waals surface area contributed by atoms with Crippen LogP contribution in [0.2, 0.25) is 0 Å². The molecule has 0 nitrogen and oxygen atoms in total. The van der Waals surface area contributed by atoms with E-state index in [4.69, 9.17) is 0 Å². The Morgan fingerprint density at radius 1 is 0.781 bits per heavy atom. The molecule has 0 saturated heterocycles. The monoisotopic (exact) mass is 434 g/mol. The molecule has 2 aromatic rings. The van der Waals surface area contributed by atoms with E-state index in [1.165, 1.54) is 92.9 Å². The molecule has 0 N–H and O–H groups in total. The molecule has 174 valence electrons. The number of benzene rings is 2. The first kappa shape index (κ1) is 23.5. The maximum absolute atomic E-state index is 15.2. The quantitative estimate of drug-likeness (QED) is 0.345. The summed E-state index contributed by atoms with van der Waals surface area (Å²) >= 11 is 0. The van der Waals surface area contributed by atoms with Crippen LogP contribution >= 0.6 is 0 Å². The van der Waals surface area contributed by atoms with Crippen molar-refractivity contribution in [3.05, 3.63) is 70.0 Å². The van der Waals surface area contributed by atoms with Gasteiger partial charge in [-0.3, -0.25) is 0 Å². The highest BCUT2D eigenvalue weighted by atomic mass is 19.1. The Kier molecular flexibility index (Phi) is 8.44. The Labute approximate surface area is 196 Å². The molecule has 2 aliphatic rings. The Balaban J connectivity index is 1.37. The van der Waals surface area contributed by atoms with Crippen molar-refractivity contribution in [2.45, 2.75) is 116 Å². The summed E-state index contributed by atoms with van der Waals surface area (Å²) in [4.78, 5) is 0. The smallest absolute Gasteiger partial charge is 0.126 e. The van der Waals surface area contributed by atoms with Gasteiger partial charge in [0.2, 0.25) is 0 Å². The number of rotatable bonds is 9. The molecule has 2 aliphatic carbocycles. The number of hydrogen-bond donors (Lipinski definition) is 0. The molecular weight excluding hydrogens is 391 g/mol. The topological polar surface area (TPSA) is 0 Å². The zero-order chi connectivity index (χ0) is 22.3. The molecule has 0 spiro atoms. The van der Waals surface area contributed by atoms with Crippen LogP contribution in [0.15, 0.2) is 36.4 Å². The average molecular weight is 435 g/mol. The second kappa shape index (κ2) is 11.5. The molecular formula is C31H43F. The van der Waals surface area contributed by atoms with Crippen LogP contribution in [0, 0.1) is 11.7 Å². The summed E-state index contributed by atoms with van der Waals surface area (Å²) in [5.74, 6) is 1.84. The SMILES string of the molecule is CCCCCc1ccc2c(c1)CCC(c1ccc(C3CCC(CCCC)CC3)cc1F)C2. The Hall–Kier alpha value is -1.63. The number of fused-ring (bicyclic) bond motifs is 1. The van der Waals surface area contributed by atoms with Crippen molar-refractivity contribution in [1.29, 1.82) is 0 Å². The fourth-order valence-corrected chi connectivity index (χ4v) is 6.21. The van der Waals surface area contributed by atoms with Gasteiger partial charge in [0.1, 0.15) is 5.82 Å². The lowest BCUT2D eigenvalue weighted by Crippen LogP contribution is -2.16. The number of halogens is 1. The van der Waals surface area contributed by atoms with E-state index in [-0.39, 0.29) is 5.82 Å². The molecule has 1 fully saturated rings. The minimum Gasteiger partial charge on any atom is -0.207 e. The maximum Gasteiger partial charge on any atom is 0.126 e. The molecule has 0 heterocycles. The fourth-order valence-electron chi connectivity index (χ4n) is 6.21. The van der Waals surface area contributed by atoms with Gasteiger partial charge in [-0.2, -0.15) is 0 Å². The molecule has 0 bridgehead atoms. The predicted molar refractivity (Wildman–Crippen MR) is 135 cm³/mol. The van der Waals surface area contributed by atoms with Gasteiger partial charge in [0.05, 0.1) is 0 Å². The summed E-state index contributed by atoms with van der Waals surface area (Å²) in [6.07, 6.45) is 17.4. The van der Waals surface area contributed by atoms with E-state index in [2.05, 4.69) is 44.2 Å². The van der Waals surface area contributed by atoms with Gasteiger partial charge in [0.15, 0.2) is 0 Å². The zero-order valence-corrected chi connectivity index (χ0v) is 20.5. The highest BCUT2D eigenvalue weighted by Crippen LogP contribution is 2.40. The van der Waals surface area contributed by atoms with E-state index in [0.29, 0.717) is 11.8 Å². The van der Waals surface area contributed by atoms with Gasteiger partial charge in [-0.15, -0.1) is 0 Å². The van der Waals surface area contributed by atoms with E-state index in [9.17, 15) is 0 Å². The molecule has 4 rings (SSSR count). The van der Waals surface area contributed by atoms with Crippen LogP contribution in [-0.4, -0.2) is 0 Å². The first-order valence-corrected chi connectivity index (χ1v) is 13.6. The zero-order valence-electron chi connectivity index (χ0n) is 20.5. The van der Waals surface area contributed by atoms with E-state index < -0.39 is 0 Å². The van der Waals surface area contributed by atoms with Crippen molar-refractivity contribution >= 4 is 0 Å². The third kappa shape index (κ3) is 5.83. The lowest BCUT2D eigenvalue weighted by atomic mass is 9.76. The Morgan fingerprint density at radius 2 is 1.59 bits per heavy atom. The largest absolute Gasteiger partial charge is 0.207 e. The normalized spacial score (nSPS) is 23.2. The molecule has 1 unspecified atom stereocenters. The lowest BCUT2D eigenvalue weighted by molar-refractivity contribution is 0.304. The number of hydrogen-bond acceptors (Lipinski definition) is 0. The molecule has 1 atom stereocenters.